The molecule has 0 N–H and O–H groups in total. The molecule has 0 saturated carbocycles. The zero-order valence-electron chi connectivity index (χ0n) is 10.8. The Morgan fingerprint density at radius 1 is 1.45 bits per heavy atom. The number of anilines is 1. The number of alkyl halides is 2. The highest BCUT2D eigenvalue weighted by Gasteiger charge is 2.22. The van der Waals surface area contributed by atoms with Crippen molar-refractivity contribution in [2.24, 2.45) is 0 Å². The Morgan fingerprint density at radius 3 is 2.80 bits per heavy atom. The summed E-state index contributed by atoms with van der Waals surface area (Å²) in [5, 5.41) is 0. The van der Waals surface area contributed by atoms with Crippen molar-refractivity contribution < 1.29 is 27.8 Å². The van der Waals surface area contributed by atoms with Crippen LogP contribution in [0.3, 0.4) is 0 Å². The van der Waals surface area contributed by atoms with Crippen LogP contribution in [-0.4, -0.2) is 38.1 Å². The Balaban J connectivity index is 2.35. The molecule has 7 heteroatoms. The van der Waals surface area contributed by atoms with Crippen molar-refractivity contribution in [2.45, 2.75) is 13.5 Å². The third kappa shape index (κ3) is 3.11. The standard InChI is InChI=1S/C13H13F2NO4/c1-8(17)10-3-2-9(6-11(10)20-13(14)15)16-4-5-19-7-12(16)18/h2-3,6,13H,4-5,7H2,1H3. The molecule has 108 valence electrons. The molecular formula is C13H13F2NO4. The molecule has 1 aliphatic rings. The smallest absolute Gasteiger partial charge is 0.387 e. The first-order chi connectivity index (χ1) is 9.49. The predicted molar refractivity (Wildman–Crippen MR) is 66.3 cm³/mol. The third-order valence-electron chi connectivity index (χ3n) is 2.86. The number of nitrogens with zero attached hydrogens (tertiary/aromatic N) is 1. The van der Waals surface area contributed by atoms with Gasteiger partial charge >= 0.3 is 6.61 Å². The molecule has 0 spiro atoms. The number of halogens is 2. The lowest BCUT2D eigenvalue weighted by atomic mass is 10.1. The van der Waals surface area contributed by atoms with Gasteiger partial charge in [0.1, 0.15) is 12.4 Å². The van der Waals surface area contributed by atoms with E-state index in [1.54, 1.807) is 0 Å². The molecule has 20 heavy (non-hydrogen) atoms. The van der Waals surface area contributed by atoms with Gasteiger partial charge in [-0.1, -0.05) is 0 Å². The van der Waals surface area contributed by atoms with Crippen LogP contribution in [0.25, 0.3) is 0 Å². The molecule has 0 unspecified atom stereocenters. The average molecular weight is 285 g/mol. The highest BCUT2D eigenvalue weighted by molar-refractivity contribution is 5.99. The fraction of sp³-hybridized carbons (Fsp3) is 0.385. The normalized spacial score (nSPS) is 15.6. The van der Waals surface area contributed by atoms with Gasteiger partial charge in [-0.2, -0.15) is 8.78 Å². The first kappa shape index (κ1) is 14.4. The molecule has 1 fully saturated rings. The van der Waals surface area contributed by atoms with E-state index < -0.39 is 6.61 Å². The summed E-state index contributed by atoms with van der Waals surface area (Å²) in [6.07, 6.45) is 0. The molecule has 0 atom stereocenters. The molecule has 1 aliphatic heterocycles. The number of ether oxygens (including phenoxy) is 2. The van der Waals surface area contributed by atoms with Crippen molar-refractivity contribution in [3.05, 3.63) is 23.8 Å². The van der Waals surface area contributed by atoms with E-state index in [0.717, 1.165) is 0 Å². The first-order valence-electron chi connectivity index (χ1n) is 5.97. The molecule has 0 aliphatic carbocycles. The molecule has 5 nitrogen and oxygen atoms in total. The second kappa shape index (κ2) is 5.96. The first-order valence-corrected chi connectivity index (χ1v) is 5.97. The van der Waals surface area contributed by atoms with Gasteiger partial charge in [-0.15, -0.1) is 0 Å². The second-order valence-electron chi connectivity index (χ2n) is 4.21. The largest absolute Gasteiger partial charge is 0.434 e. The van der Waals surface area contributed by atoms with E-state index in [4.69, 9.17) is 4.74 Å². The topological polar surface area (TPSA) is 55.8 Å². The molecule has 1 aromatic rings. The SMILES string of the molecule is CC(=O)c1ccc(N2CCOCC2=O)cc1OC(F)F. The lowest BCUT2D eigenvalue weighted by Gasteiger charge is -2.27. The van der Waals surface area contributed by atoms with Crippen molar-refractivity contribution >= 4 is 17.4 Å². The maximum Gasteiger partial charge on any atom is 0.387 e. The van der Waals surface area contributed by atoms with Crippen LogP contribution >= 0.6 is 0 Å². The van der Waals surface area contributed by atoms with Crippen LogP contribution in [0, 0.1) is 0 Å². The Morgan fingerprint density at radius 2 is 2.20 bits per heavy atom. The number of rotatable bonds is 4. The van der Waals surface area contributed by atoms with Crippen LogP contribution in [0.5, 0.6) is 5.75 Å². The number of Topliss-reactive ketones (excluding diaryl/α,β-unsaturated/α-hetero) is 1. The molecular weight excluding hydrogens is 272 g/mol. The maximum atomic E-state index is 12.4. The highest BCUT2D eigenvalue weighted by atomic mass is 19.3. The van der Waals surface area contributed by atoms with E-state index in [0.29, 0.717) is 18.8 Å². The predicted octanol–water partition coefficient (Wildman–Crippen LogP) is 1.85. The average Bonchev–Trinajstić information content (AvgIpc) is 2.38. The minimum atomic E-state index is -3.04. The summed E-state index contributed by atoms with van der Waals surface area (Å²) in [6, 6.07) is 4.17. The second-order valence-corrected chi connectivity index (χ2v) is 4.21. The molecule has 1 amide bonds. The molecule has 1 saturated heterocycles. The summed E-state index contributed by atoms with van der Waals surface area (Å²) < 4.78 is 34.1. The van der Waals surface area contributed by atoms with Crippen molar-refractivity contribution in [3.63, 3.8) is 0 Å². The van der Waals surface area contributed by atoms with Crippen molar-refractivity contribution in [1.29, 1.82) is 0 Å². The van der Waals surface area contributed by atoms with Crippen molar-refractivity contribution in [3.8, 4) is 5.75 Å². The van der Waals surface area contributed by atoms with Gasteiger partial charge in [0.25, 0.3) is 5.91 Å². The Bertz CT molecular complexity index is 533. The van der Waals surface area contributed by atoms with Crippen LogP contribution in [0.1, 0.15) is 17.3 Å². The summed E-state index contributed by atoms with van der Waals surface area (Å²) in [6.45, 7) is -1.15. The number of morpholine rings is 1. The number of carbonyl (C=O) groups excluding carboxylic acids is 2. The molecule has 2 rings (SSSR count). The zero-order chi connectivity index (χ0) is 14.7. The van der Waals surface area contributed by atoms with Crippen LogP contribution in [-0.2, 0) is 9.53 Å². The van der Waals surface area contributed by atoms with Gasteiger partial charge in [0.2, 0.25) is 0 Å². The van der Waals surface area contributed by atoms with Crippen LogP contribution in [0.4, 0.5) is 14.5 Å². The Kier molecular flexibility index (Phi) is 4.29. The molecule has 0 radical (unpaired) electrons. The van der Waals surface area contributed by atoms with Gasteiger partial charge < -0.3 is 14.4 Å². The summed E-state index contributed by atoms with van der Waals surface area (Å²) in [4.78, 5) is 24.5. The molecule has 0 aromatic heterocycles. The van der Waals surface area contributed by atoms with Gasteiger partial charge in [0.15, 0.2) is 5.78 Å². The summed E-state index contributed by atoms with van der Waals surface area (Å²) in [5.41, 5.74) is 0.453. The summed E-state index contributed by atoms with van der Waals surface area (Å²) >= 11 is 0. The van der Waals surface area contributed by atoms with Gasteiger partial charge in [0.05, 0.1) is 12.2 Å². The fourth-order valence-electron chi connectivity index (χ4n) is 1.95. The lowest BCUT2D eigenvalue weighted by Crippen LogP contribution is -2.41. The van der Waals surface area contributed by atoms with E-state index in [1.165, 1.54) is 30.0 Å². The highest BCUT2D eigenvalue weighted by Crippen LogP contribution is 2.28. The molecule has 1 aromatic carbocycles. The number of hydrogen-bond donors (Lipinski definition) is 0. The quantitative estimate of drug-likeness (QED) is 0.792. The maximum absolute atomic E-state index is 12.4. The van der Waals surface area contributed by atoms with Crippen LogP contribution in [0.15, 0.2) is 18.2 Å². The molecule has 1 heterocycles. The van der Waals surface area contributed by atoms with Crippen molar-refractivity contribution in [2.75, 3.05) is 24.7 Å². The number of hydrogen-bond acceptors (Lipinski definition) is 4. The minimum absolute atomic E-state index is 0.0507. The fourth-order valence-corrected chi connectivity index (χ4v) is 1.95. The van der Waals surface area contributed by atoms with E-state index in [9.17, 15) is 18.4 Å². The van der Waals surface area contributed by atoms with Crippen molar-refractivity contribution in [1.82, 2.24) is 0 Å². The van der Waals surface area contributed by atoms with Crippen LogP contribution in [0.2, 0.25) is 0 Å². The number of carbonyl (C=O) groups is 2. The summed E-state index contributed by atoms with van der Waals surface area (Å²) in [5.74, 6) is -0.889. The number of benzene rings is 1. The van der Waals surface area contributed by atoms with Crippen LogP contribution < -0.4 is 9.64 Å². The van der Waals surface area contributed by atoms with E-state index in [1.807, 2.05) is 0 Å². The Labute approximate surface area is 114 Å². The van der Waals surface area contributed by atoms with Gasteiger partial charge in [0, 0.05) is 18.3 Å². The van der Waals surface area contributed by atoms with Gasteiger partial charge in [-0.05, 0) is 19.1 Å². The zero-order valence-corrected chi connectivity index (χ0v) is 10.8. The third-order valence-corrected chi connectivity index (χ3v) is 2.86. The minimum Gasteiger partial charge on any atom is -0.434 e. The van der Waals surface area contributed by atoms with E-state index in [-0.39, 0.29) is 29.6 Å². The van der Waals surface area contributed by atoms with E-state index >= 15 is 0 Å². The summed E-state index contributed by atoms with van der Waals surface area (Å²) in [7, 11) is 0. The number of ketones is 1. The lowest BCUT2D eigenvalue weighted by molar-refractivity contribution is -0.125. The van der Waals surface area contributed by atoms with Gasteiger partial charge in [-0.25, -0.2) is 0 Å². The monoisotopic (exact) mass is 285 g/mol. The van der Waals surface area contributed by atoms with E-state index in [2.05, 4.69) is 4.74 Å². The molecule has 0 bridgehead atoms. The van der Waals surface area contributed by atoms with Gasteiger partial charge in [-0.3, -0.25) is 9.59 Å². The Hall–Kier alpha value is -2.02. The number of amides is 1.